The highest BCUT2D eigenvalue weighted by Gasteiger charge is 2.74. The number of hydrogen-bond donors (Lipinski definition) is 1. The molecule has 2 nitrogen and oxygen atoms in total. The summed E-state index contributed by atoms with van der Waals surface area (Å²) in [6, 6.07) is 0.834. The Morgan fingerprint density at radius 1 is 1.08 bits per heavy atom. The van der Waals surface area contributed by atoms with Crippen LogP contribution >= 0.6 is 11.8 Å². The van der Waals surface area contributed by atoms with Gasteiger partial charge in [0.25, 0.3) is 0 Å². The van der Waals surface area contributed by atoms with E-state index in [2.05, 4.69) is 0 Å². The number of carboxylic acids is 1. The zero-order valence-corrected chi connectivity index (χ0v) is 14.2. The number of carboxylic acid groups (broad SMARTS) is 1. The lowest BCUT2D eigenvalue weighted by molar-refractivity contribution is -0.349. The summed E-state index contributed by atoms with van der Waals surface area (Å²) in [7, 11) is 0. The third kappa shape index (κ3) is 3.88. The molecule has 1 rings (SSSR count). The summed E-state index contributed by atoms with van der Waals surface area (Å²) < 4.78 is 93.0. The largest absolute Gasteiger partial charge is 0.478 e. The first-order chi connectivity index (χ1) is 11.2. The van der Waals surface area contributed by atoms with Gasteiger partial charge in [-0.2, -0.15) is 26.3 Å². The summed E-state index contributed by atoms with van der Waals surface area (Å²) in [6.07, 6.45) is -12.7. The standard InChI is InChI=1S/C15H15F7O2S/c1-4-8-9(12(23)24)5-6-10(11(8)25-7(2)3)13(16,14(17,18)19)15(20,21)22/h5-7H,4H2,1-3H3,(H,23,24). The minimum absolute atomic E-state index is 0.170. The van der Waals surface area contributed by atoms with Crippen LogP contribution in [0.3, 0.4) is 0 Å². The maximum atomic E-state index is 14.5. The van der Waals surface area contributed by atoms with E-state index < -0.39 is 45.3 Å². The van der Waals surface area contributed by atoms with Crippen molar-refractivity contribution in [1.29, 1.82) is 0 Å². The van der Waals surface area contributed by atoms with Gasteiger partial charge in [-0.15, -0.1) is 11.8 Å². The Kier molecular flexibility index (Phi) is 6.09. The first-order valence-corrected chi connectivity index (χ1v) is 7.95. The summed E-state index contributed by atoms with van der Waals surface area (Å²) in [5.41, 5.74) is -7.95. The second kappa shape index (κ2) is 7.05. The van der Waals surface area contributed by atoms with Crippen LogP contribution in [-0.4, -0.2) is 28.7 Å². The average Bonchev–Trinajstić information content (AvgIpc) is 2.42. The van der Waals surface area contributed by atoms with Crippen molar-refractivity contribution in [3.8, 4) is 0 Å². The quantitative estimate of drug-likeness (QED) is 0.513. The molecule has 0 heterocycles. The summed E-state index contributed by atoms with van der Waals surface area (Å²) in [5, 5.41) is 8.62. The van der Waals surface area contributed by atoms with Crippen molar-refractivity contribution < 1.29 is 40.6 Å². The first kappa shape index (κ1) is 21.6. The van der Waals surface area contributed by atoms with Gasteiger partial charge in [-0.1, -0.05) is 26.8 Å². The molecule has 0 amide bonds. The maximum absolute atomic E-state index is 14.5. The van der Waals surface area contributed by atoms with Gasteiger partial charge in [-0.3, -0.25) is 0 Å². The zero-order valence-electron chi connectivity index (χ0n) is 13.3. The monoisotopic (exact) mass is 392 g/mol. The normalized spacial score (nSPS) is 13.4. The Hall–Kier alpha value is -1.45. The minimum atomic E-state index is -6.26. The highest BCUT2D eigenvalue weighted by Crippen LogP contribution is 2.56. The second-order valence-corrected chi connectivity index (χ2v) is 7.03. The molecule has 0 atom stereocenters. The molecular weight excluding hydrogens is 377 g/mol. The van der Waals surface area contributed by atoms with Gasteiger partial charge in [0, 0.05) is 15.7 Å². The van der Waals surface area contributed by atoms with Crippen molar-refractivity contribution in [2.24, 2.45) is 0 Å². The fourth-order valence-electron chi connectivity index (χ4n) is 2.29. The Morgan fingerprint density at radius 2 is 1.56 bits per heavy atom. The molecule has 0 aliphatic heterocycles. The van der Waals surface area contributed by atoms with E-state index in [-0.39, 0.29) is 18.1 Å². The maximum Gasteiger partial charge on any atom is 0.435 e. The number of hydrogen-bond acceptors (Lipinski definition) is 2. The van der Waals surface area contributed by atoms with E-state index in [0.29, 0.717) is 17.8 Å². The molecule has 0 fully saturated rings. The number of aromatic carboxylic acids is 1. The van der Waals surface area contributed by atoms with Gasteiger partial charge >= 0.3 is 24.0 Å². The number of benzene rings is 1. The van der Waals surface area contributed by atoms with Crippen molar-refractivity contribution >= 4 is 17.7 Å². The van der Waals surface area contributed by atoms with Crippen molar-refractivity contribution in [2.75, 3.05) is 0 Å². The molecule has 10 heteroatoms. The first-order valence-electron chi connectivity index (χ1n) is 7.07. The van der Waals surface area contributed by atoms with E-state index >= 15 is 0 Å². The van der Waals surface area contributed by atoms with Crippen LogP contribution in [0, 0.1) is 0 Å². The van der Waals surface area contributed by atoms with E-state index in [1.807, 2.05) is 0 Å². The van der Waals surface area contributed by atoms with E-state index in [1.165, 1.54) is 20.8 Å². The van der Waals surface area contributed by atoms with Gasteiger partial charge in [0.05, 0.1) is 5.56 Å². The zero-order chi connectivity index (χ0) is 19.8. The summed E-state index contributed by atoms with van der Waals surface area (Å²) in [5.74, 6) is -1.52. The molecule has 0 aliphatic rings. The van der Waals surface area contributed by atoms with Gasteiger partial charge in [0.1, 0.15) is 0 Å². The number of carbonyl (C=O) groups is 1. The topological polar surface area (TPSA) is 37.3 Å². The Balaban J connectivity index is 3.93. The van der Waals surface area contributed by atoms with E-state index in [9.17, 15) is 35.5 Å². The number of halogens is 7. The highest BCUT2D eigenvalue weighted by atomic mass is 32.2. The van der Waals surface area contributed by atoms with Crippen molar-refractivity contribution in [2.45, 2.75) is 55.4 Å². The molecule has 1 aromatic rings. The summed E-state index contributed by atoms with van der Waals surface area (Å²) >= 11 is 0.564. The van der Waals surface area contributed by atoms with Crippen molar-refractivity contribution in [1.82, 2.24) is 0 Å². The van der Waals surface area contributed by atoms with Gasteiger partial charge in [-0.25, -0.2) is 9.18 Å². The molecule has 1 aromatic carbocycles. The molecular formula is C15H15F7O2S. The lowest BCUT2D eigenvalue weighted by Crippen LogP contribution is -2.50. The number of thioether (sulfide) groups is 1. The van der Waals surface area contributed by atoms with Gasteiger partial charge in [-0.05, 0) is 18.1 Å². The van der Waals surface area contributed by atoms with Crippen molar-refractivity contribution in [3.63, 3.8) is 0 Å². The molecule has 0 saturated carbocycles. The number of rotatable bonds is 5. The Labute approximate surface area is 143 Å². The smallest absolute Gasteiger partial charge is 0.435 e. The third-order valence-corrected chi connectivity index (χ3v) is 4.52. The Bertz CT molecular complexity index is 637. The van der Waals surface area contributed by atoms with Crippen LogP contribution < -0.4 is 0 Å². The van der Waals surface area contributed by atoms with Gasteiger partial charge < -0.3 is 5.11 Å². The van der Waals surface area contributed by atoms with Crippen LogP contribution in [-0.2, 0) is 12.1 Å². The van der Waals surface area contributed by atoms with Crippen LogP contribution in [0.25, 0.3) is 0 Å². The van der Waals surface area contributed by atoms with Crippen LogP contribution in [0.5, 0.6) is 0 Å². The molecule has 0 spiro atoms. The van der Waals surface area contributed by atoms with E-state index in [4.69, 9.17) is 5.11 Å². The predicted octanol–water partition coefficient (Wildman–Crippen LogP) is 5.74. The molecule has 25 heavy (non-hydrogen) atoms. The lowest BCUT2D eigenvalue weighted by Gasteiger charge is -2.33. The van der Waals surface area contributed by atoms with Crippen LogP contribution in [0.15, 0.2) is 17.0 Å². The third-order valence-electron chi connectivity index (χ3n) is 3.35. The van der Waals surface area contributed by atoms with Crippen LogP contribution in [0.1, 0.15) is 42.3 Å². The fourth-order valence-corrected chi connectivity index (χ4v) is 3.49. The molecule has 0 aliphatic carbocycles. The lowest BCUT2D eigenvalue weighted by atomic mass is 9.90. The predicted molar refractivity (Wildman–Crippen MR) is 78.7 cm³/mol. The van der Waals surface area contributed by atoms with Gasteiger partial charge in [0.2, 0.25) is 0 Å². The molecule has 1 N–H and O–H groups in total. The molecule has 0 saturated heterocycles. The number of alkyl halides is 7. The molecule has 0 radical (unpaired) electrons. The van der Waals surface area contributed by atoms with Crippen molar-refractivity contribution in [3.05, 3.63) is 28.8 Å². The molecule has 142 valence electrons. The fraction of sp³-hybridized carbons (Fsp3) is 0.533. The van der Waals surface area contributed by atoms with E-state index in [0.717, 1.165) is 0 Å². The molecule has 0 aromatic heterocycles. The minimum Gasteiger partial charge on any atom is -0.478 e. The summed E-state index contributed by atoms with van der Waals surface area (Å²) in [4.78, 5) is 10.6. The highest BCUT2D eigenvalue weighted by molar-refractivity contribution is 8.00. The van der Waals surface area contributed by atoms with Gasteiger partial charge in [0.15, 0.2) is 0 Å². The van der Waals surface area contributed by atoms with E-state index in [1.54, 1.807) is 0 Å². The SMILES string of the molecule is CCc1c(C(=O)O)ccc(C(F)(C(F)(F)F)C(F)(F)F)c1SC(C)C. The summed E-state index contributed by atoms with van der Waals surface area (Å²) in [6.45, 7) is 4.35. The molecule has 0 unspecified atom stereocenters. The Morgan fingerprint density at radius 3 is 1.88 bits per heavy atom. The van der Waals surface area contributed by atoms with Crippen LogP contribution in [0.2, 0.25) is 0 Å². The average molecular weight is 392 g/mol. The molecule has 0 bridgehead atoms. The second-order valence-electron chi connectivity index (χ2n) is 5.45. The van der Waals surface area contributed by atoms with Crippen LogP contribution in [0.4, 0.5) is 30.7 Å².